The van der Waals surface area contributed by atoms with Crippen LogP contribution in [-0.2, 0) is 38.2 Å². The number of nitrogens with one attached hydrogen (secondary N) is 2. The van der Waals surface area contributed by atoms with Gasteiger partial charge in [-0.25, -0.2) is 25.7 Å². The molecule has 6 N–H and O–H groups in total. The standard InChI is InChI=1S/C24H18N4O12S4/c29-35-38-41-16-7-13-6-14(4-5-17(13)21(10-16)43-40-37-31)27-23-11-26-24(12-25-23)28-15-8-19-18(22(9-15)44(32,33)34)2-1-3-20(19)42-39-36-30/h1-12,29-31H,(H,25,27)(H,26,28)(H,32,33,34). The molecule has 5 rings (SSSR count). The lowest BCUT2D eigenvalue weighted by Gasteiger charge is -2.13. The quantitative estimate of drug-likeness (QED) is 0.0307. The van der Waals surface area contributed by atoms with Crippen LogP contribution in [0.5, 0.6) is 0 Å². The maximum atomic E-state index is 12.2. The predicted molar refractivity (Wildman–Crippen MR) is 158 cm³/mol. The van der Waals surface area contributed by atoms with Crippen LogP contribution in [0.25, 0.3) is 21.5 Å². The summed E-state index contributed by atoms with van der Waals surface area (Å²) < 4.78 is 47.7. The molecule has 0 bridgehead atoms. The first-order valence-electron chi connectivity index (χ1n) is 11.7. The SMILES string of the molecule is O=S(=O)(O)c1cc(Nc2cnc(Nc3ccc4c(SOOO)cc(SOOO)cc4c3)cn2)cc2c(SOOO)cccc12. The van der Waals surface area contributed by atoms with Crippen molar-refractivity contribution < 1.29 is 56.9 Å². The fraction of sp³-hybridized carbons (Fsp3) is 0. The predicted octanol–water partition coefficient (Wildman–Crippen LogP) is 6.80. The summed E-state index contributed by atoms with van der Waals surface area (Å²) in [5.41, 5.74) is 0.900. The zero-order valence-corrected chi connectivity index (χ0v) is 24.8. The highest BCUT2D eigenvalue weighted by atomic mass is 32.2. The van der Waals surface area contributed by atoms with Gasteiger partial charge in [0.05, 0.1) is 48.5 Å². The van der Waals surface area contributed by atoms with Crippen LogP contribution in [0.3, 0.4) is 0 Å². The lowest BCUT2D eigenvalue weighted by Crippen LogP contribution is -2.03. The van der Waals surface area contributed by atoms with Crippen molar-refractivity contribution in [1.82, 2.24) is 9.97 Å². The summed E-state index contributed by atoms with van der Waals surface area (Å²) >= 11 is 2.13. The zero-order valence-electron chi connectivity index (χ0n) is 21.5. The number of hydrogen-bond acceptors (Lipinski definition) is 18. The molecule has 0 amide bonds. The van der Waals surface area contributed by atoms with Crippen LogP contribution < -0.4 is 10.6 Å². The third-order valence-electron chi connectivity index (χ3n) is 5.75. The van der Waals surface area contributed by atoms with Crippen molar-refractivity contribution in [3.05, 3.63) is 73.1 Å². The van der Waals surface area contributed by atoms with E-state index < -0.39 is 10.1 Å². The molecule has 0 saturated heterocycles. The van der Waals surface area contributed by atoms with Crippen LogP contribution >= 0.6 is 36.1 Å². The Morgan fingerprint density at radius 2 is 1.32 bits per heavy atom. The molecule has 0 radical (unpaired) electrons. The Bertz CT molecular complexity index is 1880. The van der Waals surface area contributed by atoms with Crippen molar-refractivity contribution in [2.45, 2.75) is 19.6 Å². The van der Waals surface area contributed by atoms with E-state index in [2.05, 4.69) is 48.7 Å². The molecule has 0 aliphatic carbocycles. The van der Waals surface area contributed by atoms with Gasteiger partial charge in [0.25, 0.3) is 10.1 Å². The second-order valence-electron chi connectivity index (χ2n) is 8.37. The van der Waals surface area contributed by atoms with Crippen molar-refractivity contribution in [2.24, 2.45) is 0 Å². The molecule has 5 aromatic rings. The Morgan fingerprint density at radius 3 is 1.98 bits per heavy atom. The first-order chi connectivity index (χ1) is 21.3. The molecule has 1 aromatic heterocycles. The van der Waals surface area contributed by atoms with Gasteiger partial charge in [0.2, 0.25) is 0 Å². The second kappa shape index (κ2) is 14.6. The van der Waals surface area contributed by atoms with Gasteiger partial charge in [-0.15, -0.1) is 13.0 Å². The number of rotatable bonds is 14. The Labute approximate surface area is 260 Å². The number of anilines is 4. The minimum Gasteiger partial charge on any atom is -0.339 e. The zero-order chi connectivity index (χ0) is 31.1. The molecule has 0 unspecified atom stereocenters. The van der Waals surface area contributed by atoms with Gasteiger partial charge in [-0.1, -0.05) is 33.3 Å². The monoisotopic (exact) mass is 682 g/mol. The molecule has 0 aliphatic heterocycles. The van der Waals surface area contributed by atoms with E-state index in [4.69, 9.17) is 15.8 Å². The van der Waals surface area contributed by atoms with Crippen LogP contribution in [-0.4, -0.2) is 38.7 Å². The molecular formula is C24H18N4O12S4. The summed E-state index contributed by atoms with van der Waals surface area (Å²) in [5.74, 6) is 0.636. The number of hydrogen-bond donors (Lipinski definition) is 6. The van der Waals surface area contributed by atoms with Crippen LogP contribution in [0, 0.1) is 0 Å². The summed E-state index contributed by atoms with van der Waals surface area (Å²) in [6, 6.07) is 16.3. The van der Waals surface area contributed by atoms with Crippen molar-refractivity contribution in [1.29, 1.82) is 0 Å². The highest BCUT2D eigenvalue weighted by Gasteiger charge is 2.18. The second-order valence-corrected chi connectivity index (χ2v) is 12.0. The van der Waals surface area contributed by atoms with Crippen LogP contribution in [0.4, 0.5) is 23.0 Å². The van der Waals surface area contributed by atoms with Gasteiger partial charge in [0, 0.05) is 36.8 Å². The Morgan fingerprint density at radius 1 is 0.659 bits per heavy atom. The number of fused-ring (bicyclic) bond motifs is 2. The minimum absolute atomic E-state index is 0.213. The Kier molecular flexibility index (Phi) is 10.7. The van der Waals surface area contributed by atoms with E-state index in [0.717, 1.165) is 34.9 Å². The van der Waals surface area contributed by atoms with Crippen LogP contribution in [0.2, 0.25) is 0 Å². The minimum atomic E-state index is -4.62. The molecule has 20 heteroatoms. The van der Waals surface area contributed by atoms with Gasteiger partial charge in [-0.2, -0.15) is 8.42 Å². The van der Waals surface area contributed by atoms with E-state index in [1.807, 2.05) is 0 Å². The van der Waals surface area contributed by atoms with Gasteiger partial charge >= 0.3 is 0 Å². The molecule has 16 nitrogen and oxygen atoms in total. The molecule has 230 valence electrons. The molecular weight excluding hydrogens is 665 g/mol. The maximum absolute atomic E-state index is 12.2. The van der Waals surface area contributed by atoms with Gasteiger partial charge in [0.15, 0.2) is 0 Å². The van der Waals surface area contributed by atoms with E-state index in [0.29, 0.717) is 43.6 Å². The lowest BCUT2D eigenvalue weighted by atomic mass is 10.1. The topological polar surface area (TPSA) is 220 Å². The largest absolute Gasteiger partial charge is 0.339 e. The van der Waals surface area contributed by atoms with Gasteiger partial charge in [-0.05, 0) is 53.2 Å². The lowest BCUT2D eigenvalue weighted by molar-refractivity contribution is -0.432. The highest BCUT2D eigenvalue weighted by molar-refractivity contribution is 7.95. The number of nitrogens with zero attached hydrogens (tertiary/aromatic N) is 2. The van der Waals surface area contributed by atoms with Gasteiger partial charge in [0.1, 0.15) is 16.5 Å². The molecule has 0 spiro atoms. The van der Waals surface area contributed by atoms with Gasteiger partial charge < -0.3 is 10.6 Å². The highest BCUT2D eigenvalue weighted by Crippen LogP contribution is 2.37. The summed E-state index contributed by atoms with van der Waals surface area (Å²) in [6.45, 7) is 0. The van der Waals surface area contributed by atoms with Crippen LogP contribution in [0.15, 0.2) is 92.6 Å². The summed E-state index contributed by atoms with van der Waals surface area (Å²) in [6.07, 6.45) is 2.85. The van der Waals surface area contributed by atoms with Crippen LogP contribution in [0.1, 0.15) is 0 Å². The van der Waals surface area contributed by atoms with E-state index in [1.165, 1.54) is 24.5 Å². The molecule has 0 aliphatic rings. The summed E-state index contributed by atoms with van der Waals surface area (Å²) in [5, 5.41) is 44.7. The smallest absolute Gasteiger partial charge is 0.295 e. The normalized spacial score (nSPS) is 11.7. The van der Waals surface area contributed by atoms with E-state index in [1.54, 1.807) is 48.5 Å². The first kappa shape index (κ1) is 32.1. The summed E-state index contributed by atoms with van der Waals surface area (Å²) in [4.78, 5) is 9.81. The fourth-order valence-corrected chi connectivity index (χ4v) is 6.40. The average molecular weight is 683 g/mol. The first-order valence-corrected chi connectivity index (χ1v) is 15.4. The average Bonchev–Trinajstić information content (AvgIpc) is 3.01. The van der Waals surface area contributed by atoms with E-state index in [9.17, 15) is 13.0 Å². The van der Waals surface area contributed by atoms with Crippen molar-refractivity contribution in [3.63, 3.8) is 0 Å². The van der Waals surface area contributed by atoms with E-state index >= 15 is 0 Å². The summed E-state index contributed by atoms with van der Waals surface area (Å²) in [7, 11) is -4.62. The van der Waals surface area contributed by atoms with Crippen molar-refractivity contribution >= 4 is 90.8 Å². The molecule has 44 heavy (non-hydrogen) atoms. The Balaban J connectivity index is 1.39. The number of aromatic nitrogens is 2. The van der Waals surface area contributed by atoms with E-state index in [-0.39, 0.29) is 21.8 Å². The third-order valence-corrected chi connectivity index (χ3v) is 8.51. The fourth-order valence-electron chi connectivity index (χ4n) is 4.10. The van der Waals surface area contributed by atoms with Crippen molar-refractivity contribution in [2.75, 3.05) is 10.6 Å². The van der Waals surface area contributed by atoms with Crippen molar-refractivity contribution in [3.8, 4) is 0 Å². The third kappa shape index (κ3) is 7.84. The molecule has 1 heterocycles. The van der Waals surface area contributed by atoms with Gasteiger partial charge in [-0.3, -0.25) is 4.55 Å². The Hall–Kier alpha value is -3.32. The maximum Gasteiger partial charge on any atom is 0.295 e. The molecule has 0 atom stereocenters. The molecule has 4 aromatic carbocycles. The molecule has 0 saturated carbocycles. The molecule has 0 fully saturated rings. The number of benzene rings is 4.